The van der Waals surface area contributed by atoms with Crippen LogP contribution in [0, 0.1) is 10.1 Å². The van der Waals surface area contributed by atoms with Gasteiger partial charge in [-0.3, -0.25) is 10.1 Å². The number of rotatable bonds is 3. The van der Waals surface area contributed by atoms with Crippen molar-refractivity contribution in [3.05, 3.63) is 64.2 Å². The van der Waals surface area contributed by atoms with Crippen molar-refractivity contribution in [1.82, 2.24) is 0 Å². The van der Waals surface area contributed by atoms with E-state index in [2.05, 4.69) is 0 Å². The molecule has 0 bridgehead atoms. The fraction of sp³-hybridized carbons (Fsp3) is 0.0769. The zero-order valence-corrected chi connectivity index (χ0v) is 10.7. The van der Waals surface area contributed by atoms with Crippen molar-refractivity contribution in [2.45, 2.75) is 16.0 Å². The van der Waals surface area contributed by atoms with Crippen molar-refractivity contribution in [1.29, 1.82) is 0 Å². The van der Waals surface area contributed by atoms with Gasteiger partial charge in [0.1, 0.15) is 0 Å². The molecule has 0 unspecified atom stereocenters. The highest BCUT2D eigenvalue weighted by Crippen LogP contribution is 2.41. The van der Waals surface area contributed by atoms with E-state index in [1.165, 1.54) is 36.4 Å². The van der Waals surface area contributed by atoms with E-state index in [4.69, 9.17) is 0 Å². The molecule has 0 aromatic heterocycles. The second kappa shape index (κ2) is 5.54. The van der Waals surface area contributed by atoms with E-state index in [-0.39, 0.29) is 15.5 Å². The van der Waals surface area contributed by atoms with Crippen molar-refractivity contribution in [2.75, 3.05) is 0 Å². The van der Waals surface area contributed by atoms with Crippen LogP contribution in [0.5, 0.6) is 0 Å². The van der Waals surface area contributed by atoms with Gasteiger partial charge < -0.3 is 0 Å². The van der Waals surface area contributed by atoms with Gasteiger partial charge in [-0.15, -0.1) is 0 Å². The lowest BCUT2D eigenvalue weighted by molar-refractivity contribution is -0.387. The van der Waals surface area contributed by atoms with Crippen LogP contribution >= 0.6 is 11.8 Å². The molecule has 0 aliphatic rings. The molecule has 0 saturated heterocycles. The van der Waals surface area contributed by atoms with E-state index >= 15 is 0 Å². The highest BCUT2D eigenvalue weighted by atomic mass is 32.2. The summed E-state index contributed by atoms with van der Waals surface area (Å²) in [4.78, 5) is 10.4. The topological polar surface area (TPSA) is 43.1 Å². The van der Waals surface area contributed by atoms with Crippen LogP contribution in [-0.2, 0) is 6.18 Å². The Labute approximate surface area is 116 Å². The molecule has 20 heavy (non-hydrogen) atoms. The van der Waals surface area contributed by atoms with Crippen LogP contribution in [0.3, 0.4) is 0 Å². The molecule has 0 fully saturated rings. The SMILES string of the molecule is O=[N+]([O-])c1ccccc1Sc1ccccc1C(F)(F)F. The molecule has 0 amide bonds. The van der Waals surface area contributed by atoms with Crippen LogP contribution in [0.2, 0.25) is 0 Å². The van der Waals surface area contributed by atoms with Gasteiger partial charge in [-0.2, -0.15) is 13.2 Å². The van der Waals surface area contributed by atoms with Crippen molar-refractivity contribution in [3.8, 4) is 0 Å². The Morgan fingerprint density at radius 1 is 0.950 bits per heavy atom. The molecule has 3 nitrogen and oxygen atoms in total. The minimum atomic E-state index is -4.49. The van der Waals surface area contributed by atoms with Gasteiger partial charge in [0.15, 0.2) is 0 Å². The highest BCUT2D eigenvalue weighted by Gasteiger charge is 2.33. The van der Waals surface area contributed by atoms with Crippen LogP contribution < -0.4 is 0 Å². The minimum Gasteiger partial charge on any atom is -0.258 e. The molecule has 2 aromatic carbocycles. The van der Waals surface area contributed by atoms with E-state index in [9.17, 15) is 23.3 Å². The highest BCUT2D eigenvalue weighted by molar-refractivity contribution is 7.99. The number of nitro benzene ring substituents is 1. The van der Waals surface area contributed by atoms with E-state index in [0.717, 1.165) is 17.8 Å². The van der Waals surface area contributed by atoms with Crippen LogP contribution in [0.1, 0.15) is 5.56 Å². The van der Waals surface area contributed by atoms with Gasteiger partial charge >= 0.3 is 6.18 Å². The first kappa shape index (κ1) is 14.4. The van der Waals surface area contributed by atoms with E-state index < -0.39 is 16.7 Å². The first-order valence-electron chi connectivity index (χ1n) is 5.47. The number of halogens is 3. The zero-order valence-electron chi connectivity index (χ0n) is 9.92. The lowest BCUT2D eigenvalue weighted by Crippen LogP contribution is -2.06. The largest absolute Gasteiger partial charge is 0.417 e. The molecule has 0 saturated carbocycles. The molecule has 7 heteroatoms. The second-order valence-corrected chi connectivity index (χ2v) is 4.90. The van der Waals surface area contributed by atoms with Gasteiger partial charge in [0.2, 0.25) is 0 Å². The molecule has 0 N–H and O–H groups in total. The summed E-state index contributed by atoms with van der Waals surface area (Å²) in [6.07, 6.45) is -4.49. The minimum absolute atomic E-state index is 0.0608. The maximum absolute atomic E-state index is 12.9. The molecular formula is C13H8F3NO2S. The third-order valence-electron chi connectivity index (χ3n) is 2.47. The summed E-state index contributed by atoms with van der Waals surface area (Å²) in [6, 6.07) is 10.7. The summed E-state index contributed by atoms with van der Waals surface area (Å²) in [7, 11) is 0. The number of hydrogen-bond acceptors (Lipinski definition) is 3. The quantitative estimate of drug-likeness (QED) is 0.606. The maximum atomic E-state index is 12.9. The van der Waals surface area contributed by atoms with Gasteiger partial charge in [-0.25, -0.2) is 0 Å². The Balaban J connectivity index is 2.44. The van der Waals surface area contributed by atoms with E-state index in [1.54, 1.807) is 6.07 Å². The van der Waals surface area contributed by atoms with Gasteiger partial charge in [0.25, 0.3) is 5.69 Å². The maximum Gasteiger partial charge on any atom is 0.417 e. The summed E-state index contributed by atoms with van der Waals surface area (Å²) in [5.74, 6) is 0. The molecule has 0 spiro atoms. The monoisotopic (exact) mass is 299 g/mol. The number of hydrogen-bond donors (Lipinski definition) is 0. The number of nitrogens with zero attached hydrogens (tertiary/aromatic N) is 1. The number of benzene rings is 2. The van der Waals surface area contributed by atoms with Gasteiger partial charge in [-0.1, -0.05) is 36.0 Å². The summed E-state index contributed by atoms with van der Waals surface area (Å²) in [5, 5.41) is 10.9. The molecule has 0 radical (unpaired) electrons. The Kier molecular flexibility index (Phi) is 3.99. The normalized spacial score (nSPS) is 11.3. The lowest BCUT2D eigenvalue weighted by atomic mass is 10.2. The molecule has 104 valence electrons. The predicted molar refractivity (Wildman–Crippen MR) is 68.7 cm³/mol. The summed E-state index contributed by atoms with van der Waals surface area (Å²) >= 11 is 0.734. The standard InChI is InChI=1S/C13H8F3NO2S/c14-13(15,16)9-5-1-3-7-11(9)20-12-8-4-2-6-10(12)17(18)19/h1-8H. The average molecular weight is 299 g/mol. The fourth-order valence-electron chi connectivity index (χ4n) is 1.60. The van der Waals surface area contributed by atoms with Crippen LogP contribution in [0.4, 0.5) is 18.9 Å². The van der Waals surface area contributed by atoms with Crippen molar-refractivity contribution >= 4 is 17.4 Å². The Bertz CT molecular complexity index is 644. The first-order valence-corrected chi connectivity index (χ1v) is 6.29. The Morgan fingerprint density at radius 2 is 1.50 bits per heavy atom. The number of nitro groups is 1. The third kappa shape index (κ3) is 3.11. The predicted octanol–water partition coefficient (Wildman–Crippen LogP) is 4.76. The molecule has 2 aromatic rings. The van der Waals surface area contributed by atoms with Crippen LogP contribution in [-0.4, -0.2) is 4.92 Å². The average Bonchev–Trinajstić information content (AvgIpc) is 2.38. The molecule has 0 aliphatic carbocycles. The number of alkyl halides is 3. The summed E-state index contributed by atoms with van der Waals surface area (Å²) < 4.78 is 38.6. The van der Waals surface area contributed by atoms with Crippen molar-refractivity contribution in [2.24, 2.45) is 0 Å². The van der Waals surface area contributed by atoms with Crippen molar-refractivity contribution < 1.29 is 18.1 Å². The first-order chi connectivity index (χ1) is 9.39. The van der Waals surface area contributed by atoms with Crippen LogP contribution in [0.15, 0.2) is 58.3 Å². The third-order valence-corrected chi connectivity index (χ3v) is 3.62. The van der Waals surface area contributed by atoms with Gasteiger partial charge in [0.05, 0.1) is 15.4 Å². The molecule has 0 heterocycles. The molecule has 2 rings (SSSR count). The van der Waals surface area contributed by atoms with Crippen LogP contribution in [0.25, 0.3) is 0 Å². The summed E-state index contributed by atoms with van der Waals surface area (Å²) in [6.45, 7) is 0. The molecular weight excluding hydrogens is 291 g/mol. The number of para-hydroxylation sites is 1. The van der Waals surface area contributed by atoms with E-state index in [0.29, 0.717) is 0 Å². The zero-order chi connectivity index (χ0) is 14.8. The van der Waals surface area contributed by atoms with Gasteiger partial charge in [-0.05, 0) is 18.2 Å². The van der Waals surface area contributed by atoms with Crippen molar-refractivity contribution in [3.63, 3.8) is 0 Å². The second-order valence-electron chi connectivity index (χ2n) is 3.82. The smallest absolute Gasteiger partial charge is 0.258 e. The van der Waals surface area contributed by atoms with Gasteiger partial charge in [0, 0.05) is 11.0 Å². The van der Waals surface area contributed by atoms with E-state index in [1.807, 2.05) is 0 Å². The Morgan fingerprint density at radius 3 is 2.10 bits per heavy atom. The molecule has 0 atom stereocenters. The Hall–Kier alpha value is -2.02. The lowest BCUT2D eigenvalue weighted by Gasteiger charge is -2.11. The summed E-state index contributed by atoms with van der Waals surface area (Å²) in [5.41, 5.74) is -1.02. The molecule has 0 aliphatic heterocycles. The fourth-order valence-corrected chi connectivity index (χ4v) is 2.67.